The molecule has 6 heteroatoms. The van der Waals surface area contributed by atoms with Crippen molar-refractivity contribution in [2.24, 2.45) is 0 Å². The number of rotatable bonds is 7. The van der Waals surface area contributed by atoms with Crippen molar-refractivity contribution in [3.63, 3.8) is 0 Å². The predicted molar refractivity (Wildman–Crippen MR) is 115 cm³/mol. The molecular formula is C24H27NO5. The Bertz CT molecular complexity index is 978. The lowest BCUT2D eigenvalue weighted by Gasteiger charge is -2.25. The largest absolute Gasteiger partial charge is 0.507 e. The second-order valence-corrected chi connectivity index (χ2v) is 7.15. The third kappa shape index (κ3) is 3.77. The first-order valence-corrected chi connectivity index (χ1v) is 10.1. The standard InChI is InChI=1S/C24H27NO5/c1-5-13-25-21(16-9-7-15(6-2)8-10-16)20(23(27)24(25)28)22(26)18-12-11-17(29-3)14-19(18)30-4/h7-12,14,21,26H,5-6,13H2,1-4H3/b22-20-. The SMILES string of the molecule is CCCN1C(=O)C(=O)/C(=C(\O)c2ccc(OC)cc2OC)C1c1ccc(CC)cc1. The van der Waals surface area contributed by atoms with E-state index < -0.39 is 17.7 Å². The number of ketones is 1. The first-order chi connectivity index (χ1) is 14.5. The van der Waals surface area contributed by atoms with Gasteiger partial charge in [0, 0.05) is 12.6 Å². The van der Waals surface area contributed by atoms with E-state index in [4.69, 9.17) is 9.47 Å². The van der Waals surface area contributed by atoms with Crippen LogP contribution in [0.4, 0.5) is 0 Å². The molecule has 1 atom stereocenters. The minimum atomic E-state index is -0.691. The number of carbonyl (C=O) groups is 2. The normalized spacial score (nSPS) is 18.0. The Hall–Kier alpha value is -3.28. The number of nitrogens with zero attached hydrogens (tertiary/aromatic N) is 1. The molecule has 158 valence electrons. The van der Waals surface area contributed by atoms with Gasteiger partial charge in [0.1, 0.15) is 17.3 Å². The van der Waals surface area contributed by atoms with Gasteiger partial charge in [-0.3, -0.25) is 9.59 Å². The molecule has 0 saturated carbocycles. The van der Waals surface area contributed by atoms with Gasteiger partial charge in [0.25, 0.3) is 11.7 Å². The van der Waals surface area contributed by atoms with Crippen LogP contribution < -0.4 is 9.47 Å². The van der Waals surface area contributed by atoms with Gasteiger partial charge >= 0.3 is 0 Å². The zero-order valence-electron chi connectivity index (χ0n) is 17.8. The molecule has 1 amide bonds. The number of hydrogen-bond donors (Lipinski definition) is 1. The Morgan fingerprint density at radius 3 is 2.30 bits per heavy atom. The van der Waals surface area contributed by atoms with E-state index in [0.29, 0.717) is 30.0 Å². The lowest BCUT2D eigenvalue weighted by atomic mass is 9.94. The molecule has 1 aliphatic rings. The van der Waals surface area contributed by atoms with Crippen LogP contribution in [0.25, 0.3) is 5.76 Å². The van der Waals surface area contributed by atoms with Gasteiger partial charge in [-0.2, -0.15) is 0 Å². The molecule has 6 nitrogen and oxygen atoms in total. The fraction of sp³-hybridized carbons (Fsp3) is 0.333. The molecule has 3 rings (SSSR count). The van der Waals surface area contributed by atoms with Gasteiger partial charge < -0.3 is 19.5 Å². The number of hydrogen-bond acceptors (Lipinski definition) is 5. The summed E-state index contributed by atoms with van der Waals surface area (Å²) in [6.07, 6.45) is 1.58. The number of ether oxygens (including phenoxy) is 2. The molecule has 2 aromatic rings. The minimum Gasteiger partial charge on any atom is -0.507 e. The highest BCUT2D eigenvalue weighted by Crippen LogP contribution is 2.41. The third-order valence-corrected chi connectivity index (χ3v) is 5.37. The van der Waals surface area contributed by atoms with Crippen LogP contribution in [0, 0.1) is 0 Å². The van der Waals surface area contributed by atoms with E-state index in [1.807, 2.05) is 31.2 Å². The van der Waals surface area contributed by atoms with Crippen molar-refractivity contribution in [3.8, 4) is 11.5 Å². The van der Waals surface area contributed by atoms with Crippen molar-refractivity contribution in [1.82, 2.24) is 4.90 Å². The maximum atomic E-state index is 13.0. The molecule has 1 saturated heterocycles. The van der Waals surface area contributed by atoms with Crippen LogP contribution in [0.5, 0.6) is 11.5 Å². The summed E-state index contributed by atoms with van der Waals surface area (Å²) in [5.41, 5.74) is 2.35. The Labute approximate surface area is 176 Å². The molecular weight excluding hydrogens is 382 g/mol. The van der Waals surface area contributed by atoms with Crippen LogP contribution in [-0.4, -0.2) is 42.5 Å². The minimum absolute atomic E-state index is 0.0705. The van der Waals surface area contributed by atoms with Gasteiger partial charge in [0.15, 0.2) is 0 Å². The molecule has 0 bridgehead atoms. The summed E-state index contributed by atoms with van der Waals surface area (Å²) in [5.74, 6) is -0.634. The summed E-state index contributed by atoms with van der Waals surface area (Å²) < 4.78 is 10.6. The highest BCUT2D eigenvalue weighted by Gasteiger charge is 2.45. The summed E-state index contributed by atoms with van der Waals surface area (Å²) in [4.78, 5) is 27.3. The topological polar surface area (TPSA) is 76.1 Å². The maximum Gasteiger partial charge on any atom is 0.295 e. The molecule has 1 fully saturated rings. The van der Waals surface area contributed by atoms with Crippen molar-refractivity contribution in [1.29, 1.82) is 0 Å². The van der Waals surface area contributed by atoms with Crippen LogP contribution in [-0.2, 0) is 16.0 Å². The van der Waals surface area contributed by atoms with Gasteiger partial charge in [-0.15, -0.1) is 0 Å². The third-order valence-electron chi connectivity index (χ3n) is 5.37. The van der Waals surface area contributed by atoms with Gasteiger partial charge in [-0.1, -0.05) is 38.1 Å². The van der Waals surface area contributed by atoms with Crippen molar-refractivity contribution in [2.75, 3.05) is 20.8 Å². The number of methoxy groups -OCH3 is 2. The fourth-order valence-corrected chi connectivity index (χ4v) is 3.77. The van der Waals surface area contributed by atoms with Crippen LogP contribution >= 0.6 is 0 Å². The number of likely N-dealkylation sites (tertiary alicyclic amines) is 1. The van der Waals surface area contributed by atoms with E-state index in [9.17, 15) is 14.7 Å². The van der Waals surface area contributed by atoms with Crippen molar-refractivity contribution < 1.29 is 24.2 Å². The van der Waals surface area contributed by atoms with Crippen LogP contribution in [0.3, 0.4) is 0 Å². The van der Waals surface area contributed by atoms with Crippen molar-refractivity contribution >= 4 is 17.4 Å². The average molecular weight is 409 g/mol. The predicted octanol–water partition coefficient (Wildman–Crippen LogP) is 4.10. The Morgan fingerprint density at radius 2 is 1.73 bits per heavy atom. The number of benzene rings is 2. The Kier molecular flexibility index (Phi) is 6.45. The number of Topliss-reactive ketones (excluding diaryl/α,β-unsaturated/α-hetero) is 1. The number of aliphatic hydroxyl groups is 1. The van der Waals surface area contributed by atoms with Crippen molar-refractivity contribution in [2.45, 2.75) is 32.7 Å². The summed E-state index contributed by atoms with van der Waals surface area (Å²) in [7, 11) is 3.01. The fourth-order valence-electron chi connectivity index (χ4n) is 3.77. The summed E-state index contributed by atoms with van der Waals surface area (Å²) in [6, 6.07) is 12.1. The second kappa shape index (κ2) is 9.03. The van der Waals surface area contributed by atoms with E-state index in [1.165, 1.54) is 19.1 Å². The molecule has 2 aromatic carbocycles. The quantitative estimate of drug-likeness (QED) is 0.423. The van der Waals surface area contributed by atoms with Crippen LogP contribution in [0.1, 0.15) is 43.0 Å². The lowest BCUT2D eigenvalue weighted by molar-refractivity contribution is -0.139. The monoisotopic (exact) mass is 409 g/mol. The number of aliphatic hydroxyl groups excluding tert-OH is 1. The van der Waals surface area contributed by atoms with Gasteiger partial charge in [-0.25, -0.2) is 0 Å². The highest BCUT2D eigenvalue weighted by atomic mass is 16.5. The molecule has 1 N–H and O–H groups in total. The molecule has 0 spiro atoms. The molecule has 30 heavy (non-hydrogen) atoms. The smallest absolute Gasteiger partial charge is 0.295 e. The summed E-state index contributed by atoms with van der Waals surface area (Å²) >= 11 is 0. The second-order valence-electron chi connectivity index (χ2n) is 7.15. The maximum absolute atomic E-state index is 13.0. The highest BCUT2D eigenvalue weighted by molar-refractivity contribution is 6.46. The van der Waals surface area contributed by atoms with E-state index in [1.54, 1.807) is 18.2 Å². The van der Waals surface area contributed by atoms with Gasteiger partial charge in [-0.05, 0) is 36.1 Å². The molecule has 1 unspecified atom stereocenters. The van der Waals surface area contributed by atoms with Crippen LogP contribution in [0.15, 0.2) is 48.0 Å². The van der Waals surface area contributed by atoms with E-state index in [-0.39, 0.29) is 11.3 Å². The lowest BCUT2D eigenvalue weighted by Crippen LogP contribution is -2.30. The Morgan fingerprint density at radius 1 is 1.03 bits per heavy atom. The van der Waals surface area contributed by atoms with Gasteiger partial charge in [0.05, 0.1) is 31.4 Å². The summed E-state index contributed by atoms with van der Waals surface area (Å²) in [6.45, 7) is 4.43. The van der Waals surface area contributed by atoms with Gasteiger partial charge in [0.2, 0.25) is 0 Å². The molecule has 0 aliphatic carbocycles. The molecule has 0 radical (unpaired) electrons. The number of amides is 1. The first-order valence-electron chi connectivity index (χ1n) is 10.1. The van der Waals surface area contributed by atoms with Crippen molar-refractivity contribution in [3.05, 3.63) is 64.7 Å². The van der Waals surface area contributed by atoms with E-state index >= 15 is 0 Å². The molecule has 1 heterocycles. The van der Waals surface area contributed by atoms with Crippen LogP contribution in [0.2, 0.25) is 0 Å². The van der Waals surface area contributed by atoms with E-state index in [2.05, 4.69) is 6.92 Å². The molecule has 0 aromatic heterocycles. The number of aryl methyl sites for hydroxylation is 1. The molecule has 1 aliphatic heterocycles. The summed E-state index contributed by atoms with van der Waals surface area (Å²) in [5, 5.41) is 11.2. The zero-order chi connectivity index (χ0) is 21.8. The number of carbonyl (C=O) groups excluding carboxylic acids is 2. The average Bonchev–Trinajstić information content (AvgIpc) is 3.03. The first kappa shape index (κ1) is 21.4. The zero-order valence-corrected chi connectivity index (χ0v) is 17.8. The Balaban J connectivity index is 2.20. The van der Waals surface area contributed by atoms with E-state index in [0.717, 1.165) is 17.5 Å².